The van der Waals surface area contributed by atoms with E-state index in [1.807, 2.05) is 13.8 Å². The van der Waals surface area contributed by atoms with Crippen molar-refractivity contribution in [2.75, 3.05) is 5.32 Å². The maximum atomic E-state index is 12.4. The number of nitrogens with zero attached hydrogens (tertiary/aromatic N) is 4. The van der Waals surface area contributed by atoms with Gasteiger partial charge in [-0.2, -0.15) is 10.2 Å². The van der Waals surface area contributed by atoms with Crippen LogP contribution in [0.5, 0.6) is 0 Å². The van der Waals surface area contributed by atoms with E-state index in [9.17, 15) is 9.59 Å². The van der Waals surface area contributed by atoms with Gasteiger partial charge in [0, 0.05) is 13.6 Å². The third-order valence-electron chi connectivity index (χ3n) is 3.13. The van der Waals surface area contributed by atoms with Crippen molar-refractivity contribution in [3.63, 3.8) is 0 Å². The summed E-state index contributed by atoms with van der Waals surface area (Å²) in [6.07, 6.45) is 0. The summed E-state index contributed by atoms with van der Waals surface area (Å²) in [6.45, 7) is 5.98. The molecule has 8 nitrogen and oxygen atoms in total. The maximum absolute atomic E-state index is 12.4. The molecule has 2 aromatic heterocycles. The van der Waals surface area contributed by atoms with Crippen LogP contribution in [0.3, 0.4) is 0 Å². The molecule has 0 atom stereocenters. The molecule has 0 fully saturated rings. The smallest absolute Gasteiger partial charge is 0.274 e. The van der Waals surface area contributed by atoms with E-state index in [1.165, 1.54) is 4.68 Å². The molecular formula is C13H18N6O2. The van der Waals surface area contributed by atoms with E-state index in [1.54, 1.807) is 24.7 Å². The van der Waals surface area contributed by atoms with Crippen LogP contribution in [0.1, 0.15) is 39.3 Å². The van der Waals surface area contributed by atoms with Crippen molar-refractivity contribution < 1.29 is 9.59 Å². The number of nitrogens with one attached hydrogen (secondary N) is 1. The van der Waals surface area contributed by atoms with Crippen LogP contribution < -0.4 is 11.1 Å². The zero-order valence-corrected chi connectivity index (χ0v) is 12.5. The second-order valence-electron chi connectivity index (χ2n) is 4.74. The van der Waals surface area contributed by atoms with Crippen molar-refractivity contribution in [2.45, 2.75) is 27.3 Å². The largest absolute Gasteiger partial charge is 0.364 e. The lowest BCUT2D eigenvalue weighted by molar-refractivity contribution is 0.0992. The Labute approximate surface area is 121 Å². The molecule has 21 heavy (non-hydrogen) atoms. The normalized spacial score (nSPS) is 10.7. The van der Waals surface area contributed by atoms with Gasteiger partial charge in [-0.15, -0.1) is 0 Å². The van der Waals surface area contributed by atoms with Crippen molar-refractivity contribution in [2.24, 2.45) is 12.8 Å². The quantitative estimate of drug-likeness (QED) is 0.859. The molecule has 112 valence electrons. The number of carbonyl (C=O) groups excluding carboxylic acids is 2. The minimum atomic E-state index is -0.645. The van der Waals surface area contributed by atoms with E-state index >= 15 is 0 Å². The van der Waals surface area contributed by atoms with Crippen LogP contribution in [0.4, 0.5) is 5.69 Å². The van der Waals surface area contributed by atoms with Crippen molar-refractivity contribution in [1.82, 2.24) is 19.6 Å². The van der Waals surface area contributed by atoms with Gasteiger partial charge in [0.1, 0.15) is 11.4 Å². The fraction of sp³-hybridized carbons (Fsp3) is 0.385. The lowest BCUT2D eigenvalue weighted by atomic mass is 10.2. The fourth-order valence-electron chi connectivity index (χ4n) is 2.24. The minimum Gasteiger partial charge on any atom is -0.364 e. The standard InChI is InChI=1S/C13H18N6O2/c1-5-19-9(6-7(2)16-19)13(21)15-10-8(3)17-18(4)11(10)12(14)20/h6H,5H2,1-4H3,(H2,14,20)(H,15,21). The molecule has 0 spiro atoms. The number of nitrogens with two attached hydrogens (primary N) is 1. The molecule has 8 heteroatoms. The molecular weight excluding hydrogens is 272 g/mol. The van der Waals surface area contributed by atoms with Gasteiger partial charge in [0.15, 0.2) is 0 Å². The first-order valence-corrected chi connectivity index (χ1v) is 6.54. The molecule has 0 aromatic carbocycles. The van der Waals surface area contributed by atoms with Crippen LogP contribution in [0.25, 0.3) is 0 Å². The lowest BCUT2D eigenvalue weighted by Crippen LogP contribution is -2.22. The van der Waals surface area contributed by atoms with Gasteiger partial charge in [-0.3, -0.25) is 19.0 Å². The SMILES string of the molecule is CCn1nc(C)cc1C(=O)Nc1c(C)nn(C)c1C(N)=O. The summed E-state index contributed by atoms with van der Waals surface area (Å²) in [5.41, 5.74) is 7.53. The Morgan fingerprint density at radius 1 is 1.33 bits per heavy atom. The van der Waals surface area contributed by atoms with Gasteiger partial charge >= 0.3 is 0 Å². The molecule has 0 radical (unpaired) electrons. The number of aryl methyl sites for hydroxylation is 4. The zero-order chi connectivity index (χ0) is 15.7. The Balaban J connectivity index is 2.38. The van der Waals surface area contributed by atoms with E-state index in [2.05, 4.69) is 15.5 Å². The molecule has 0 saturated carbocycles. The average Bonchev–Trinajstić information content (AvgIpc) is 2.90. The molecule has 0 aliphatic heterocycles. The number of anilines is 1. The highest BCUT2D eigenvalue weighted by Crippen LogP contribution is 2.20. The molecule has 2 aromatic rings. The topological polar surface area (TPSA) is 108 Å². The molecule has 2 heterocycles. The Morgan fingerprint density at radius 3 is 2.57 bits per heavy atom. The summed E-state index contributed by atoms with van der Waals surface area (Å²) in [6, 6.07) is 1.69. The van der Waals surface area contributed by atoms with Gasteiger partial charge in [0.05, 0.1) is 17.1 Å². The number of aromatic nitrogens is 4. The highest BCUT2D eigenvalue weighted by atomic mass is 16.2. The van der Waals surface area contributed by atoms with Gasteiger partial charge in [0.2, 0.25) is 0 Å². The first-order chi connectivity index (χ1) is 9.85. The molecule has 0 aliphatic carbocycles. The third-order valence-corrected chi connectivity index (χ3v) is 3.13. The molecule has 3 N–H and O–H groups in total. The number of hydrogen-bond donors (Lipinski definition) is 2. The highest BCUT2D eigenvalue weighted by Gasteiger charge is 2.22. The molecule has 0 unspecified atom stereocenters. The fourth-order valence-corrected chi connectivity index (χ4v) is 2.24. The highest BCUT2D eigenvalue weighted by molar-refractivity contribution is 6.07. The third kappa shape index (κ3) is 2.64. The van der Waals surface area contributed by atoms with Crippen LogP contribution in [0, 0.1) is 13.8 Å². The minimum absolute atomic E-state index is 0.167. The molecule has 0 bridgehead atoms. The molecule has 0 saturated heterocycles. The van der Waals surface area contributed by atoms with Gasteiger partial charge in [-0.1, -0.05) is 0 Å². The summed E-state index contributed by atoms with van der Waals surface area (Å²) in [5, 5.41) is 11.0. The summed E-state index contributed by atoms with van der Waals surface area (Å²) in [4.78, 5) is 23.9. The first-order valence-electron chi connectivity index (χ1n) is 6.54. The van der Waals surface area contributed by atoms with E-state index < -0.39 is 5.91 Å². The van der Waals surface area contributed by atoms with E-state index in [0.717, 1.165) is 5.69 Å². The van der Waals surface area contributed by atoms with Crippen molar-refractivity contribution in [1.29, 1.82) is 0 Å². The molecule has 0 aliphatic rings. The van der Waals surface area contributed by atoms with Crippen molar-refractivity contribution in [3.8, 4) is 0 Å². The Morgan fingerprint density at radius 2 is 2.00 bits per heavy atom. The Kier molecular flexibility index (Phi) is 3.79. The molecule has 2 rings (SSSR count). The molecule has 2 amide bonds. The van der Waals surface area contributed by atoms with Crippen molar-refractivity contribution >= 4 is 17.5 Å². The zero-order valence-electron chi connectivity index (χ0n) is 12.5. The number of amides is 2. The van der Waals surface area contributed by atoms with Gasteiger partial charge in [-0.05, 0) is 26.8 Å². The van der Waals surface area contributed by atoms with Crippen molar-refractivity contribution in [3.05, 3.63) is 28.8 Å². The van der Waals surface area contributed by atoms with Crippen LogP contribution in [0.15, 0.2) is 6.07 Å². The first kappa shape index (κ1) is 14.8. The van der Waals surface area contributed by atoms with Gasteiger partial charge < -0.3 is 11.1 Å². The predicted octanol–water partition coefficient (Wildman–Crippen LogP) is 0.605. The number of hydrogen-bond acceptors (Lipinski definition) is 4. The van der Waals surface area contributed by atoms with E-state index in [0.29, 0.717) is 23.6 Å². The van der Waals surface area contributed by atoms with Crippen LogP contribution in [-0.4, -0.2) is 31.4 Å². The van der Waals surface area contributed by atoms with Crippen LogP contribution >= 0.6 is 0 Å². The number of carbonyl (C=O) groups is 2. The predicted molar refractivity (Wildman–Crippen MR) is 77.1 cm³/mol. The second kappa shape index (κ2) is 5.39. The maximum Gasteiger partial charge on any atom is 0.274 e. The second-order valence-corrected chi connectivity index (χ2v) is 4.74. The summed E-state index contributed by atoms with van der Waals surface area (Å²) in [5.74, 6) is -0.996. The summed E-state index contributed by atoms with van der Waals surface area (Å²) in [7, 11) is 1.60. The lowest BCUT2D eigenvalue weighted by Gasteiger charge is -2.07. The van der Waals surface area contributed by atoms with Gasteiger partial charge in [0.25, 0.3) is 11.8 Å². The Bertz CT molecular complexity index is 713. The monoisotopic (exact) mass is 290 g/mol. The number of primary amides is 1. The Hall–Kier alpha value is -2.64. The van der Waals surface area contributed by atoms with Gasteiger partial charge in [-0.25, -0.2) is 0 Å². The summed E-state index contributed by atoms with van der Waals surface area (Å²) >= 11 is 0. The van der Waals surface area contributed by atoms with Crippen LogP contribution in [0.2, 0.25) is 0 Å². The van der Waals surface area contributed by atoms with Crippen LogP contribution in [-0.2, 0) is 13.6 Å². The summed E-state index contributed by atoms with van der Waals surface area (Å²) < 4.78 is 2.95. The average molecular weight is 290 g/mol. The van der Waals surface area contributed by atoms with E-state index in [-0.39, 0.29) is 11.6 Å². The van der Waals surface area contributed by atoms with E-state index in [4.69, 9.17) is 5.73 Å². The number of rotatable bonds is 4.